The topological polar surface area (TPSA) is 84.7 Å². The molecule has 1 aliphatic rings. The van der Waals surface area contributed by atoms with Crippen LogP contribution in [0.2, 0.25) is 10.0 Å². The van der Waals surface area contributed by atoms with Crippen LogP contribution in [-0.4, -0.2) is 29.4 Å². The second-order valence-electron chi connectivity index (χ2n) is 4.74. The van der Waals surface area contributed by atoms with Crippen LogP contribution >= 0.6 is 23.2 Å². The van der Waals surface area contributed by atoms with Crippen molar-refractivity contribution in [1.29, 1.82) is 0 Å². The number of rotatable bonds is 3. The summed E-state index contributed by atoms with van der Waals surface area (Å²) in [4.78, 5) is 17.6. The molecule has 2 rings (SSSR count). The molecule has 5 nitrogen and oxygen atoms in total. The Labute approximate surface area is 127 Å². The van der Waals surface area contributed by atoms with E-state index in [1.807, 2.05) is 11.0 Å². The number of hydrogen-bond acceptors (Lipinski definition) is 2. The van der Waals surface area contributed by atoms with E-state index in [1.54, 1.807) is 12.1 Å². The summed E-state index contributed by atoms with van der Waals surface area (Å²) in [6.45, 7) is 1.36. The Morgan fingerprint density at radius 1 is 1.40 bits per heavy atom. The molecule has 0 aliphatic carbocycles. The normalized spacial score (nSPS) is 19.0. The van der Waals surface area contributed by atoms with Gasteiger partial charge in [0.2, 0.25) is 0 Å². The molecule has 0 spiro atoms. The Hall–Kier alpha value is -1.30. The summed E-state index contributed by atoms with van der Waals surface area (Å²) >= 11 is 12.1. The average molecular weight is 315 g/mol. The minimum absolute atomic E-state index is 0.206. The first-order valence-corrected chi connectivity index (χ1v) is 7.04. The summed E-state index contributed by atoms with van der Waals surface area (Å²) in [6, 6.07) is 5.00. The highest BCUT2D eigenvalue weighted by Gasteiger charge is 2.30. The van der Waals surface area contributed by atoms with Gasteiger partial charge in [-0.1, -0.05) is 23.2 Å². The molecule has 1 amide bonds. The zero-order valence-electron chi connectivity index (χ0n) is 10.9. The summed E-state index contributed by atoms with van der Waals surface area (Å²) in [7, 11) is 0. The minimum atomic E-state index is -0.305. The fourth-order valence-electron chi connectivity index (χ4n) is 2.38. The van der Waals surface area contributed by atoms with E-state index in [2.05, 4.69) is 4.99 Å². The van der Waals surface area contributed by atoms with Crippen LogP contribution in [0.25, 0.3) is 0 Å². The number of nitrogens with zero attached hydrogens (tertiary/aromatic N) is 2. The van der Waals surface area contributed by atoms with Gasteiger partial charge in [-0.2, -0.15) is 4.99 Å². The van der Waals surface area contributed by atoms with Gasteiger partial charge in [0.25, 0.3) is 5.91 Å². The summed E-state index contributed by atoms with van der Waals surface area (Å²) < 4.78 is 0. The molecule has 1 aromatic rings. The predicted octanol–water partition coefficient (Wildman–Crippen LogP) is 1.76. The molecule has 108 valence electrons. The number of likely N-dealkylation sites (tertiary alicyclic amines) is 1. The summed E-state index contributed by atoms with van der Waals surface area (Å²) in [5.74, 6) is -0.511. The van der Waals surface area contributed by atoms with Crippen molar-refractivity contribution in [3.63, 3.8) is 0 Å². The zero-order valence-corrected chi connectivity index (χ0v) is 12.4. The van der Waals surface area contributed by atoms with Crippen molar-refractivity contribution in [2.45, 2.75) is 25.4 Å². The molecule has 0 saturated carbocycles. The molecular formula is C13H16Cl2N4O. The number of carbonyl (C=O) groups excluding carboxylic acids is 1. The molecule has 1 aromatic carbocycles. The second kappa shape index (κ2) is 6.43. The van der Waals surface area contributed by atoms with Crippen LogP contribution < -0.4 is 11.5 Å². The second-order valence-corrected chi connectivity index (χ2v) is 5.58. The predicted molar refractivity (Wildman–Crippen MR) is 80.7 cm³/mol. The molecule has 1 aliphatic heterocycles. The zero-order chi connectivity index (χ0) is 14.7. The molecule has 0 bridgehead atoms. The van der Waals surface area contributed by atoms with Crippen LogP contribution in [0, 0.1) is 0 Å². The number of hydrogen-bond donors (Lipinski definition) is 2. The van der Waals surface area contributed by atoms with Crippen molar-refractivity contribution < 1.29 is 4.79 Å². The van der Waals surface area contributed by atoms with E-state index in [0.29, 0.717) is 16.6 Å². The van der Waals surface area contributed by atoms with E-state index in [0.717, 1.165) is 24.9 Å². The fourth-order valence-corrected chi connectivity index (χ4v) is 2.75. The number of guanidine groups is 1. The third-order valence-corrected chi connectivity index (χ3v) is 3.87. The van der Waals surface area contributed by atoms with E-state index in [1.165, 1.54) is 0 Å². The molecule has 1 heterocycles. The van der Waals surface area contributed by atoms with Gasteiger partial charge in [-0.3, -0.25) is 9.69 Å². The van der Waals surface area contributed by atoms with Gasteiger partial charge in [-0.25, -0.2) is 0 Å². The average Bonchev–Trinajstić information content (AvgIpc) is 2.81. The van der Waals surface area contributed by atoms with Gasteiger partial charge in [-0.15, -0.1) is 0 Å². The van der Waals surface area contributed by atoms with Gasteiger partial charge < -0.3 is 11.5 Å². The number of halogens is 2. The molecule has 0 aromatic heterocycles. The SMILES string of the molecule is NC(N)=NC(=O)C1CCCN1Cc1cc(Cl)ccc1Cl. The number of nitrogens with two attached hydrogens (primary N) is 2. The van der Waals surface area contributed by atoms with Gasteiger partial charge >= 0.3 is 0 Å². The molecule has 1 saturated heterocycles. The van der Waals surface area contributed by atoms with Crippen molar-refractivity contribution in [3.8, 4) is 0 Å². The fraction of sp³-hybridized carbons (Fsp3) is 0.385. The number of carbonyl (C=O) groups is 1. The van der Waals surface area contributed by atoms with Crippen LogP contribution in [-0.2, 0) is 11.3 Å². The molecule has 20 heavy (non-hydrogen) atoms. The van der Waals surface area contributed by atoms with Crippen LogP contribution in [0.4, 0.5) is 0 Å². The highest BCUT2D eigenvalue weighted by Crippen LogP contribution is 2.26. The van der Waals surface area contributed by atoms with Gasteiger partial charge in [0.1, 0.15) is 0 Å². The van der Waals surface area contributed by atoms with Crippen LogP contribution in [0.15, 0.2) is 23.2 Å². The molecule has 7 heteroatoms. The first-order chi connectivity index (χ1) is 9.47. The quantitative estimate of drug-likeness (QED) is 0.657. The van der Waals surface area contributed by atoms with E-state index in [-0.39, 0.29) is 17.9 Å². The summed E-state index contributed by atoms with van der Waals surface area (Å²) in [5, 5.41) is 1.25. The van der Waals surface area contributed by atoms with E-state index in [4.69, 9.17) is 34.7 Å². The van der Waals surface area contributed by atoms with Gasteiger partial charge in [0.15, 0.2) is 5.96 Å². The Morgan fingerprint density at radius 2 is 2.15 bits per heavy atom. The van der Waals surface area contributed by atoms with E-state index in [9.17, 15) is 4.79 Å². The van der Waals surface area contributed by atoms with Gasteiger partial charge in [0.05, 0.1) is 6.04 Å². The molecule has 0 radical (unpaired) electrons. The van der Waals surface area contributed by atoms with Crippen molar-refractivity contribution in [2.24, 2.45) is 16.5 Å². The van der Waals surface area contributed by atoms with Crippen molar-refractivity contribution in [2.75, 3.05) is 6.54 Å². The highest BCUT2D eigenvalue weighted by molar-refractivity contribution is 6.33. The Morgan fingerprint density at radius 3 is 2.85 bits per heavy atom. The maximum atomic E-state index is 12.0. The van der Waals surface area contributed by atoms with E-state index < -0.39 is 0 Å². The number of aliphatic imine (C=N–C) groups is 1. The lowest BCUT2D eigenvalue weighted by Crippen LogP contribution is -2.36. The van der Waals surface area contributed by atoms with Crippen molar-refractivity contribution >= 4 is 35.1 Å². The van der Waals surface area contributed by atoms with Crippen molar-refractivity contribution in [1.82, 2.24) is 4.90 Å². The Bertz CT molecular complexity index is 543. The minimum Gasteiger partial charge on any atom is -0.370 e. The smallest absolute Gasteiger partial charge is 0.266 e. The molecule has 1 atom stereocenters. The third kappa shape index (κ3) is 3.62. The molecule has 4 N–H and O–H groups in total. The van der Waals surface area contributed by atoms with Gasteiger partial charge in [-0.05, 0) is 43.1 Å². The monoisotopic (exact) mass is 314 g/mol. The molecule has 1 unspecified atom stereocenters. The highest BCUT2D eigenvalue weighted by atomic mass is 35.5. The Balaban J connectivity index is 2.13. The lowest BCUT2D eigenvalue weighted by atomic mass is 10.1. The summed E-state index contributed by atoms with van der Waals surface area (Å²) in [5.41, 5.74) is 11.4. The van der Waals surface area contributed by atoms with Crippen LogP contribution in [0.5, 0.6) is 0 Å². The first-order valence-electron chi connectivity index (χ1n) is 6.29. The standard InChI is InChI=1S/C13H16Cl2N4O/c14-9-3-4-10(15)8(6-9)7-19-5-1-2-11(19)12(20)18-13(16)17/h3-4,6,11H,1-2,5,7H2,(H4,16,17,18,20). The largest absolute Gasteiger partial charge is 0.370 e. The third-order valence-electron chi connectivity index (χ3n) is 3.27. The van der Waals surface area contributed by atoms with Gasteiger partial charge in [0, 0.05) is 16.6 Å². The maximum Gasteiger partial charge on any atom is 0.266 e. The molecular weight excluding hydrogens is 299 g/mol. The first kappa shape index (κ1) is 15.1. The summed E-state index contributed by atoms with van der Waals surface area (Å²) in [6.07, 6.45) is 1.67. The number of benzene rings is 1. The molecule has 1 fully saturated rings. The lowest BCUT2D eigenvalue weighted by Gasteiger charge is -2.22. The van der Waals surface area contributed by atoms with Crippen LogP contribution in [0.3, 0.4) is 0 Å². The lowest BCUT2D eigenvalue weighted by molar-refractivity contribution is -0.122. The van der Waals surface area contributed by atoms with Crippen LogP contribution in [0.1, 0.15) is 18.4 Å². The van der Waals surface area contributed by atoms with E-state index >= 15 is 0 Å². The van der Waals surface area contributed by atoms with Crippen molar-refractivity contribution in [3.05, 3.63) is 33.8 Å². The Kier molecular flexibility index (Phi) is 4.86. The number of amides is 1. The maximum absolute atomic E-state index is 12.0.